The first-order valence-electron chi connectivity index (χ1n) is 3.50. The van der Waals surface area contributed by atoms with E-state index in [1.807, 2.05) is 0 Å². The fraction of sp³-hybridized carbons (Fsp3) is 0.125. The van der Waals surface area contributed by atoms with E-state index in [1.165, 1.54) is 6.26 Å². The highest BCUT2D eigenvalue weighted by molar-refractivity contribution is 5.77. The summed E-state index contributed by atoms with van der Waals surface area (Å²) in [4.78, 5) is 13.5. The second kappa shape index (κ2) is 2.41. The molecule has 0 bridgehead atoms. The van der Waals surface area contributed by atoms with Crippen LogP contribution in [0.2, 0.25) is 0 Å². The monoisotopic (exact) mass is 165 g/mol. The number of ether oxygens (including phenoxy) is 1. The molecule has 1 atom stereocenters. The van der Waals surface area contributed by atoms with Crippen LogP contribution in [0.5, 0.6) is 0 Å². The predicted octanol–water partition coefficient (Wildman–Crippen LogP) is 1.14. The summed E-state index contributed by atoms with van der Waals surface area (Å²) in [5.74, 6) is -0.972. The van der Waals surface area contributed by atoms with Crippen LogP contribution in [0, 0.1) is 0 Å². The number of aromatic amines is 1. The third-order valence-electron chi connectivity index (χ3n) is 1.78. The third kappa shape index (κ3) is 0.887. The Balaban J connectivity index is 2.45. The fourth-order valence-corrected chi connectivity index (χ4v) is 1.21. The molecule has 0 aromatic carbocycles. The number of hydrogen-bond acceptors (Lipinski definition) is 2. The van der Waals surface area contributed by atoms with Gasteiger partial charge in [0.15, 0.2) is 0 Å². The second-order valence-corrected chi connectivity index (χ2v) is 2.52. The molecule has 2 rings (SSSR count). The maximum Gasteiger partial charge on any atom is 0.349 e. The molecule has 12 heavy (non-hydrogen) atoms. The van der Waals surface area contributed by atoms with Crippen LogP contribution in [0.25, 0.3) is 6.08 Å². The Morgan fingerprint density at radius 1 is 1.58 bits per heavy atom. The summed E-state index contributed by atoms with van der Waals surface area (Å²) in [7, 11) is 0. The molecule has 1 aliphatic heterocycles. The zero-order chi connectivity index (χ0) is 8.55. The van der Waals surface area contributed by atoms with Gasteiger partial charge < -0.3 is 14.8 Å². The van der Waals surface area contributed by atoms with Crippen LogP contribution in [0.4, 0.5) is 0 Å². The van der Waals surface area contributed by atoms with Crippen molar-refractivity contribution >= 4 is 12.0 Å². The van der Waals surface area contributed by atoms with Crippen LogP contribution in [0.1, 0.15) is 17.2 Å². The first-order valence-corrected chi connectivity index (χ1v) is 3.50. The molecule has 0 radical (unpaired) electrons. The molecule has 4 heteroatoms. The Hall–Kier alpha value is -1.71. The summed E-state index contributed by atoms with van der Waals surface area (Å²) >= 11 is 0. The Morgan fingerprint density at radius 3 is 3.17 bits per heavy atom. The van der Waals surface area contributed by atoms with Gasteiger partial charge in [-0.2, -0.15) is 0 Å². The van der Waals surface area contributed by atoms with Gasteiger partial charge in [0.05, 0.1) is 6.26 Å². The van der Waals surface area contributed by atoms with E-state index in [9.17, 15) is 4.79 Å². The summed E-state index contributed by atoms with van der Waals surface area (Å²) in [6.45, 7) is 0. The van der Waals surface area contributed by atoms with Gasteiger partial charge in [0.25, 0.3) is 0 Å². The van der Waals surface area contributed by atoms with Crippen molar-refractivity contribution in [1.29, 1.82) is 0 Å². The van der Waals surface area contributed by atoms with Gasteiger partial charge in [0.2, 0.25) is 6.10 Å². The molecule has 0 amide bonds. The van der Waals surface area contributed by atoms with Crippen molar-refractivity contribution < 1.29 is 14.6 Å². The van der Waals surface area contributed by atoms with Gasteiger partial charge in [-0.05, 0) is 6.08 Å². The molecule has 62 valence electrons. The van der Waals surface area contributed by atoms with Crippen LogP contribution in [0.3, 0.4) is 0 Å². The topological polar surface area (TPSA) is 62.3 Å². The van der Waals surface area contributed by atoms with E-state index in [2.05, 4.69) is 4.98 Å². The maximum atomic E-state index is 10.6. The number of H-pyrrole nitrogens is 1. The fourth-order valence-electron chi connectivity index (χ4n) is 1.21. The number of nitrogens with one attached hydrogen (secondary N) is 1. The summed E-state index contributed by atoms with van der Waals surface area (Å²) in [5.41, 5.74) is 1.54. The zero-order valence-corrected chi connectivity index (χ0v) is 6.15. The maximum absolute atomic E-state index is 10.6. The van der Waals surface area contributed by atoms with Gasteiger partial charge in [-0.3, -0.25) is 0 Å². The second-order valence-electron chi connectivity index (χ2n) is 2.52. The normalized spacial score (nSPS) is 19.8. The van der Waals surface area contributed by atoms with Crippen molar-refractivity contribution in [2.24, 2.45) is 0 Å². The van der Waals surface area contributed by atoms with Crippen molar-refractivity contribution in [2.75, 3.05) is 0 Å². The molecule has 2 N–H and O–H groups in total. The van der Waals surface area contributed by atoms with Gasteiger partial charge in [-0.1, -0.05) is 0 Å². The van der Waals surface area contributed by atoms with Crippen molar-refractivity contribution in [3.8, 4) is 0 Å². The van der Waals surface area contributed by atoms with Gasteiger partial charge in [-0.25, -0.2) is 4.79 Å². The highest BCUT2D eigenvalue weighted by Gasteiger charge is 2.25. The van der Waals surface area contributed by atoms with Crippen LogP contribution < -0.4 is 0 Å². The molecular formula is C8H7NO3. The summed E-state index contributed by atoms with van der Waals surface area (Å²) < 4.78 is 4.92. The Kier molecular flexibility index (Phi) is 1.40. The lowest BCUT2D eigenvalue weighted by Gasteiger charge is -2.15. The van der Waals surface area contributed by atoms with Crippen LogP contribution in [-0.4, -0.2) is 16.1 Å². The first-order chi connectivity index (χ1) is 5.79. The first kappa shape index (κ1) is 6.97. The van der Waals surface area contributed by atoms with Crippen LogP contribution in [0.15, 0.2) is 18.7 Å². The van der Waals surface area contributed by atoms with E-state index in [-0.39, 0.29) is 0 Å². The molecular weight excluding hydrogens is 158 g/mol. The highest BCUT2D eigenvalue weighted by atomic mass is 16.5. The van der Waals surface area contributed by atoms with Gasteiger partial charge in [0, 0.05) is 23.5 Å². The average molecular weight is 165 g/mol. The van der Waals surface area contributed by atoms with E-state index in [4.69, 9.17) is 9.84 Å². The van der Waals surface area contributed by atoms with E-state index in [0.717, 1.165) is 5.56 Å². The van der Waals surface area contributed by atoms with E-state index < -0.39 is 12.1 Å². The van der Waals surface area contributed by atoms with Crippen LogP contribution in [-0.2, 0) is 9.53 Å². The minimum atomic E-state index is -0.972. The number of rotatable bonds is 1. The molecule has 1 aromatic rings. The molecule has 4 nitrogen and oxygen atoms in total. The minimum Gasteiger partial charge on any atom is -0.481 e. The molecule has 0 fully saturated rings. The summed E-state index contributed by atoms with van der Waals surface area (Å²) in [5, 5.41) is 8.73. The van der Waals surface area contributed by atoms with E-state index in [1.54, 1.807) is 18.5 Å². The molecule has 0 spiro atoms. The lowest BCUT2D eigenvalue weighted by molar-refractivity contribution is -0.147. The molecule has 1 aliphatic rings. The molecule has 0 saturated heterocycles. The number of aliphatic carboxylic acids is 1. The Morgan fingerprint density at radius 2 is 2.42 bits per heavy atom. The van der Waals surface area contributed by atoms with E-state index >= 15 is 0 Å². The lowest BCUT2D eigenvalue weighted by Crippen LogP contribution is -2.15. The molecule has 0 aliphatic carbocycles. The number of carboxylic acids is 1. The average Bonchev–Trinajstić information content (AvgIpc) is 2.49. The van der Waals surface area contributed by atoms with Crippen molar-refractivity contribution in [3.63, 3.8) is 0 Å². The van der Waals surface area contributed by atoms with Crippen molar-refractivity contribution in [1.82, 2.24) is 4.98 Å². The number of aromatic nitrogens is 1. The summed E-state index contributed by atoms with van der Waals surface area (Å²) in [6, 6.07) is 0. The van der Waals surface area contributed by atoms with E-state index in [0.29, 0.717) is 5.56 Å². The van der Waals surface area contributed by atoms with Gasteiger partial charge >= 0.3 is 5.97 Å². The zero-order valence-electron chi connectivity index (χ0n) is 6.15. The number of carboxylic acid groups (broad SMARTS) is 1. The van der Waals surface area contributed by atoms with Crippen molar-refractivity contribution in [3.05, 3.63) is 29.8 Å². The van der Waals surface area contributed by atoms with Crippen LogP contribution >= 0.6 is 0 Å². The molecule has 2 heterocycles. The molecule has 0 saturated carbocycles. The Labute approximate surface area is 68.5 Å². The highest BCUT2D eigenvalue weighted by Crippen LogP contribution is 2.27. The standard InChI is InChI=1S/C8H7NO3/c10-8(11)7-6-4-9-3-5(6)1-2-12-7/h1-4,7,9H,(H,10,11). The van der Waals surface area contributed by atoms with Gasteiger partial charge in [-0.15, -0.1) is 0 Å². The summed E-state index contributed by atoms with van der Waals surface area (Å²) in [6.07, 6.45) is 5.64. The minimum absolute atomic E-state index is 0.671. The molecule has 1 unspecified atom stereocenters. The SMILES string of the molecule is O=C(O)C1OC=Cc2c[nH]cc21. The van der Waals surface area contributed by atoms with Crippen molar-refractivity contribution in [2.45, 2.75) is 6.10 Å². The largest absolute Gasteiger partial charge is 0.481 e. The number of fused-ring (bicyclic) bond motifs is 1. The number of carbonyl (C=O) groups is 1. The smallest absolute Gasteiger partial charge is 0.349 e. The predicted molar refractivity (Wildman–Crippen MR) is 41.3 cm³/mol. The molecule has 1 aromatic heterocycles. The quantitative estimate of drug-likeness (QED) is 0.655. The Bertz CT molecular complexity index is 340. The van der Waals surface area contributed by atoms with Gasteiger partial charge in [0.1, 0.15) is 0 Å². The third-order valence-corrected chi connectivity index (χ3v) is 1.78. The lowest BCUT2D eigenvalue weighted by atomic mass is 10.1. The number of hydrogen-bond donors (Lipinski definition) is 2.